The highest BCUT2D eigenvalue weighted by Gasteiger charge is 2.45. The maximum absolute atomic E-state index is 13.7. The summed E-state index contributed by atoms with van der Waals surface area (Å²) in [5.41, 5.74) is 4.34. The van der Waals surface area contributed by atoms with Crippen LogP contribution in [0.25, 0.3) is 11.0 Å². The van der Waals surface area contributed by atoms with Crippen molar-refractivity contribution in [3.8, 4) is 0 Å². The number of amides is 1. The number of halogens is 1. The van der Waals surface area contributed by atoms with Crippen LogP contribution in [-0.2, 0) is 0 Å². The Bertz CT molecular complexity index is 1420. The van der Waals surface area contributed by atoms with Crippen LogP contribution in [0.3, 0.4) is 0 Å². The van der Waals surface area contributed by atoms with Crippen LogP contribution in [-0.4, -0.2) is 10.9 Å². The van der Waals surface area contributed by atoms with Crippen molar-refractivity contribution in [3.63, 3.8) is 0 Å². The summed E-state index contributed by atoms with van der Waals surface area (Å²) < 4.78 is 7.00. The third-order valence-corrected chi connectivity index (χ3v) is 7.50. The number of benzene rings is 2. The van der Waals surface area contributed by atoms with Crippen LogP contribution in [0.1, 0.15) is 49.4 Å². The molecule has 0 N–H and O–H groups in total. The molecule has 3 heterocycles. The minimum absolute atomic E-state index is 0.0965. The second-order valence-corrected chi connectivity index (χ2v) is 9.97. The lowest BCUT2D eigenvalue weighted by atomic mass is 9.98. The molecule has 0 saturated heterocycles. The zero-order valence-electron chi connectivity index (χ0n) is 17.4. The molecule has 2 aromatic carbocycles. The van der Waals surface area contributed by atoms with Crippen LogP contribution in [0.5, 0.6) is 0 Å². The lowest BCUT2D eigenvalue weighted by Crippen LogP contribution is -2.29. The van der Waals surface area contributed by atoms with Crippen LogP contribution < -0.4 is 10.3 Å². The first kappa shape index (κ1) is 20.2. The second kappa shape index (κ2) is 7.14. The number of rotatable bonds is 2. The summed E-state index contributed by atoms with van der Waals surface area (Å²) in [7, 11) is 0. The monoisotopic (exact) mass is 494 g/mol. The topological polar surface area (TPSA) is 63.4 Å². The van der Waals surface area contributed by atoms with Gasteiger partial charge in [-0.05, 0) is 68.7 Å². The van der Waals surface area contributed by atoms with Crippen molar-refractivity contribution in [1.29, 1.82) is 0 Å². The Balaban J connectivity index is 1.83. The molecule has 4 aromatic rings. The standard InChI is InChI=1S/C24H19BrN2O3S/c1-11-9-17-18(10-12(11)2)30-22-19(21(17)28)20(15-5-7-16(25)8-6-15)27(23(22)29)24-26-13(3)14(4)31-24/h5-10,20H,1-4H3. The molecule has 0 saturated carbocycles. The van der Waals surface area contributed by atoms with Crippen LogP contribution in [0.15, 0.2) is 50.1 Å². The largest absolute Gasteiger partial charge is 0.450 e. The number of fused-ring (bicyclic) bond motifs is 2. The van der Waals surface area contributed by atoms with E-state index < -0.39 is 6.04 Å². The first-order valence-corrected chi connectivity index (χ1v) is 11.5. The first-order chi connectivity index (χ1) is 14.8. The summed E-state index contributed by atoms with van der Waals surface area (Å²) in [4.78, 5) is 34.5. The van der Waals surface area contributed by atoms with Gasteiger partial charge < -0.3 is 4.42 Å². The van der Waals surface area contributed by atoms with Gasteiger partial charge in [0.05, 0.1) is 22.7 Å². The Morgan fingerprint density at radius 3 is 2.35 bits per heavy atom. The molecule has 1 aliphatic rings. The minimum atomic E-state index is -0.595. The number of hydrogen-bond acceptors (Lipinski definition) is 5. The molecule has 31 heavy (non-hydrogen) atoms. The van der Waals surface area contributed by atoms with E-state index in [0.717, 1.165) is 31.7 Å². The number of thiazole rings is 1. The fourth-order valence-corrected chi connectivity index (χ4v) is 5.15. The van der Waals surface area contributed by atoms with Crippen molar-refractivity contribution >= 4 is 49.3 Å². The molecule has 156 valence electrons. The van der Waals surface area contributed by atoms with Gasteiger partial charge in [-0.1, -0.05) is 28.1 Å². The predicted molar refractivity (Wildman–Crippen MR) is 126 cm³/mol. The SMILES string of the molecule is Cc1cc2oc3c(c(=O)c2cc1C)C(c1ccc(Br)cc1)N(c1nc(C)c(C)s1)C3=O. The zero-order valence-corrected chi connectivity index (χ0v) is 19.8. The van der Waals surface area contributed by atoms with E-state index in [9.17, 15) is 9.59 Å². The summed E-state index contributed by atoms with van der Waals surface area (Å²) in [5.74, 6) is -0.243. The van der Waals surface area contributed by atoms with E-state index in [1.807, 2.05) is 64.1 Å². The molecule has 0 bridgehead atoms. The molecule has 5 nitrogen and oxygen atoms in total. The molecule has 7 heteroatoms. The lowest BCUT2D eigenvalue weighted by Gasteiger charge is -2.22. The summed E-state index contributed by atoms with van der Waals surface area (Å²) in [6, 6.07) is 10.7. The third-order valence-electron chi connectivity index (χ3n) is 5.90. The average molecular weight is 495 g/mol. The number of nitrogens with zero attached hydrogens (tertiary/aromatic N) is 2. The van der Waals surface area contributed by atoms with Gasteiger partial charge in [-0.15, -0.1) is 11.3 Å². The van der Waals surface area contributed by atoms with Gasteiger partial charge in [0, 0.05) is 9.35 Å². The number of anilines is 1. The Morgan fingerprint density at radius 1 is 1.03 bits per heavy atom. The number of carbonyl (C=O) groups excluding carboxylic acids is 1. The van der Waals surface area contributed by atoms with Gasteiger partial charge in [0.15, 0.2) is 10.6 Å². The van der Waals surface area contributed by atoms with Crippen LogP contribution in [0.4, 0.5) is 5.13 Å². The number of aryl methyl sites for hydroxylation is 4. The highest BCUT2D eigenvalue weighted by Crippen LogP contribution is 2.43. The molecule has 0 radical (unpaired) electrons. The number of hydrogen-bond donors (Lipinski definition) is 0. The highest BCUT2D eigenvalue weighted by atomic mass is 79.9. The molecule has 0 fully saturated rings. The molecule has 1 amide bonds. The third kappa shape index (κ3) is 3.06. The van der Waals surface area contributed by atoms with Gasteiger partial charge in [-0.2, -0.15) is 0 Å². The fourth-order valence-electron chi connectivity index (χ4n) is 3.94. The summed E-state index contributed by atoms with van der Waals surface area (Å²) in [6.45, 7) is 7.82. The number of carbonyl (C=O) groups is 1. The molecular weight excluding hydrogens is 476 g/mol. The number of aromatic nitrogens is 1. The van der Waals surface area contributed by atoms with Gasteiger partial charge >= 0.3 is 0 Å². The lowest BCUT2D eigenvalue weighted by molar-refractivity contribution is 0.0971. The van der Waals surface area contributed by atoms with Crippen molar-refractivity contribution < 1.29 is 9.21 Å². The summed E-state index contributed by atoms with van der Waals surface area (Å²) >= 11 is 4.90. The Labute approximate surface area is 191 Å². The summed E-state index contributed by atoms with van der Waals surface area (Å²) in [5, 5.41) is 1.06. The predicted octanol–water partition coefficient (Wildman–Crippen LogP) is 6.00. The maximum Gasteiger partial charge on any atom is 0.297 e. The molecular formula is C24H19BrN2O3S. The maximum atomic E-state index is 13.7. The summed E-state index contributed by atoms with van der Waals surface area (Å²) in [6.07, 6.45) is 0. The van der Waals surface area contributed by atoms with Crippen molar-refractivity contribution in [2.45, 2.75) is 33.7 Å². The van der Waals surface area contributed by atoms with E-state index in [1.54, 1.807) is 4.90 Å². The average Bonchev–Trinajstić information content (AvgIpc) is 3.21. The van der Waals surface area contributed by atoms with E-state index in [4.69, 9.17) is 4.42 Å². The highest BCUT2D eigenvalue weighted by molar-refractivity contribution is 9.10. The van der Waals surface area contributed by atoms with Crippen molar-refractivity contribution in [1.82, 2.24) is 4.98 Å². The van der Waals surface area contributed by atoms with Crippen LogP contribution in [0, 0.1) is 27.7 Å². The van der Waals surface area contributed by atoms with E-state index in [2.05, 4.69) is 20.9 Å². The molecule has 0 aliphatic carbocycles. The van der Waals surface area contributed by atoms with Gasteiger partial charge in [0.1, 0.15) is 5.58 Å². The normalized spacial score (nSPS) is 15.7. The first-order valence-electron chi connectivity index (χ1n) is 9.87. The minimum Gasteiger partial charge on any atom is -0.450 e. The molecule has 2 aromatic heterocycles. The zero-order chi connectivity index (χ0) is 22.0. The van der Waals surface area contributed by atoms with Gasteiger partial charge in [-0.3, -0.25) is 14.5 Å². The van der Waals surface area contributed by atoms with Crippen molar-refractivity contribution in [3.05, 3.63) is 89.7 Å². The Kier molecular flexibility index (Phi) is 4.64. The van der Waals surface area contributed by atoms with E-state index >= 15 is 0 Å². The van der Waals surface area contributed by atoms with Crippen LogP contribution in [0.2, 0.25) is 0 Å². The van der Waals surface area contributed by atoms with E-state index in [-0.39, 0.29) is 17.1 Å². The quantitative estimate of drug-likeness (QED) is 0.343. The van der Waals surface area contributed by atoms with Crippen LogP contribution >= 0.6 is 27.3 Å². The van der Waals surface area contributed by atoms with E-state index in [1.165, 1.54) is 11.3 Å². The fraction of sp³-hybridized carbons (Fsp3) is 0.208. The molecule has 1 unspecified atom stereocenters. The smallest absolute Gasteiger partial charge is 0.297 e. The van der Waals surface area contributed by atoms with E-state index in [0.29, 0.717) is 21.7 Å². The molecule has 0 spiro atoms. The van der Waals surface area contributed by atoms with Gasteiger partial charge in [0.2, 0.25) is 5.76 Å². The molecule has 1 atom stereocenters. The second-order valence-electron chi connectivity index (χ2n) is 7.87. The van der Waals surface area contributed by atoms with Crippen molar-refractivity contribution in [2.24, 2.45) is 0 Å². The Morgan fingerprint density at radius 2 is 1.71 bits per heavy atom. The molecule has 5 rings (SSSR count). The van der Waals surface area contributed by atoms with Gasteiger partial charge in [0.25, 0.3) is 5.91 Å². The Hall–Kier alpha value is -2.77. The van der Waals surface area contributed by atoms with Gasteiger partial charge in [-0.25, -0.2) is 4.98 Å². The molecule has 1 aliphatic heterocycles. The van der Waals surface area contributed by atoms with Crippen molar-refractivity contribution in [2.75, 3.05) is 4.90 Å².